The summed E-state index contributed by atoms with van der Waals surface area (Å²) in [4.78, 5) is 0. The van der Waals surface area contributed by atoms with Crippen molar-refractivity contribution in [1.82, 2.24) is 0 Å². The monoisotopic (exact) mass is 234 g/mol. The van der Waals surface area contributed by atoms with E-state index in [1.807, 2.05) is 0 Å². The van der Waals surface area contributed by atoms with Crippen LogP contribution in [0.4, 0.5) is 8.78 Å². The minimum atomic E-state index is -0.670. The molecule has 1 unspecified atom stereocenters. The van der Waals surface area contributed by atoms with Crippen LogP contribution in [-0.2, 0) is 0 Å². The molecule has 0 spiro atoms. The summed E-state index contributed by atoms with van der Waals surface area (Å²) in [5.74, 6) is -1.22. The van der Waals surface area contributed by atoms with Crippen LogP contribution in [0.5, 0.6) is 5.75 Å². The van der Waals surface area contributed by atoms with E-state index in [-0.39, 0.29) is 17.2 Å². The molecule has 0 radical (unpaired) electrons. The van der Waals surface area contributed by atoms with E-state index in [0.29, 0.717) is 0 Å². The number of methoxy groups -OCH3 is 1. The maximum Gasteiger partial charge on any atom is 0.134 e. The Bertz CT molecular complexity index is 329. The molecule has 1 aromatic rings. The lowest BCUT2D eigenvalue weighted by molar-refractivity contribution is 0.403. The van der Waals surface area contributed by atoms with Crippen LogP contribution in [0.25, 0.3) is 0 Å². The predicted molar refractivity (Wildman–Crippen MR) is 56.3 cm³/mol. The van der Waals surface area contributed by atoms with Crippen LogP contribution in [0.1, 0.15) is 24.8 Å². The predicted octanol–water partition coefficient (Wildman–Crippen LogP) is 3.91. The number of halogens is 3. The van der Waals surface area contributed by atoms with Gasteiger partial charge in [-0.05, 0) is 5.92 Å². The molecule has 0 heterocycles. The third-order valence-corrected chi connectivity index (χ3v) is 2.87. The fourth-order valence-corrected chi connectivity index (χ4v) is 1.48. The van der Waals surface area contributed by atoms with E-state index in [1.54, 1.807) is 13.8 Å². The molecule has 0 bridgehead atoms. The Morgan fingerprint density at radius 2 is 1.67 bits per heavy atom. The van der Waals surface area contributed by atoms with Crippen LogP contribution in [0, 0.1) is 17.6 Å². The lowest BCUT2D eigenvalue weighted by Gasteiger charge is -2.16. The average molecular weight is 235 g/mol. The molecule has 15 heavy (non-hydrogen) atoms. The highest BCUT2D eigenvalue weighted by Crippen LogP contribution is 2.34. The van der Waals surface area contributed by atoms with Gasteiger partial charge in [0.15, 0.2) is 0 Å². The van der Waals surface area contributed by atoms with Crippen molar-refractivity contribution in [3.8, 4) is 5.75 Å². The first-order valence-corrected chi connectivity index (χ1v) is 5.08. The average Bonchev–Trinajstić information content (AvgIpc) is 2.16. The van der Waals surface area contributed by atoms with Crippen molar-refractivity contribution in [2.24, 2.45) is 5.92 Å². The first-order valence-electron chi connectivity index (χ1n) is 4.64. The molecular formula is C11H13ClF2O. The molecule has 84 valence electrons. The summed E-state index contributed by atoms with van der Waals surface area (Å²) in [6.45, 7) is 3.61. The zero-order valence-corrected chi connectivity index (χ0v) is 9.61. The lowest BCUT2D eigenvalue weighted by atomic mass is 10.0. The van der Waals surface area contributed by atoms with E-state index in [4.69, 9.17) is 16.3 Å². The second-order valence-electron chi connectivity index (χ2n) is 3.65. The summed E-state index contributed by atoms with van der Waals surface area (Å²) >= 11 is 5.93. The highest BCUT2D eigenvalue weighted by Gasteiger charge is 2.22. The highest BCUT2D eigenvalue weighted by atomic mass is 35.5. The van der Waals surface area contributed by atoms with Crippen molar-refractivity contribution in [2.45, 2.75) is 19.2 Å². The molecule has 0 amide bonds. The van der Waals surface area contributed by atoms with Crippen LogP contribution < -0.4 is 4.74 Å². The number of hydrogen-bond donors (Lipinski definition) is 0. The first-order chi connectivity index (χ1) is 6.97. The molecule has 1 nitrogen and oxygen atoms in total. The van der Waals surface area contributed by atoms with Gasteiger partial charge in [-0.15, -0.1) is 11.6 Å². The minimum Gasteiger partial charge on any atom is -0.497 e. The molecule has 1 rings (SSSR count). The molecular weight excluding hydrogens is 222 g/mol. The van der Waals surface area contributed by atoms with Crippen LogP contribution in [0.2, 0.25) is 0 Å². The molecule has 0 fully saturated rings. The summed E-state index contributed by atoms with van der Waals surface area (Å²) in [5.41, 5.74) is -0.0903. The smallest absolute Gasteiger partial charge is 0.134 e. The Morgan fingerprint density at radius 1 is 1.20 bits per heavy atom. The molecule has 0 saturated carbocycles. The number of rotatable bonds is 3. The number of alkyl halides is 1. The maximum atomic E-state index is 13.5. The number of benzene rings is 1. The summed E-state index contributed by atoms with van der Waals surface area (Å²) in [7, 11) is 1.36. The summed E-state index contributed by atoms with van der Waals surface area (Å²) in [6, 6.07) is 2.27. The van der Waals surface area contributed by atoms with Gasteiger partial charge in [-0.1, -0.05) is 13.8 Å². The van der Waals surface area contributed by atoms with Gasteiger partial charge in [0.2, 0.25) is 0 Å². The summed E-state index contributed by atoms with van der Waals surface area (Å²) in [5, 5.41) is -0.670. The molecule has 0 aromatic heterocycles. The van der Waals surface area contributed by atoms with E-state index in [2.05, 4.69) is 0 Å². The topological polar surface area (TPSA) is 9.23 Å². The second-order valence-corrected chi connectivity index (χ2v) is 4.12. The van der Waals surface area contributed by atoms with Gasteiger partial charge in [0.1, 0.15) is 17.4 Å². The maximum absolute atomic E-state index is 13.5. The van der Waals surface area contributed by atoms with Gasteiger partial charge in [-0.3, -0.25) is 0 Å². The third kappa shape index (κ3) is 2.59. The van der Waals surface area contributed by atoms with Crippen molar-refractivity contribution in [3.05, 3.63) is 29.3 Å². The Labute approximate surface area is 93.0 Å². The molecule has 1 atom stereocenters. The zero-order valence-electron chi connectivity index (χ0n) is 8.85. The minimum absolute atomic E-state index is 0.0379. The SMILES string of the molecule is COc1cc(F)c(C(Cl)C(C)C)c(F)c1. The Kier molecular flexibility index (Phi) is 3.91. The Hall–Kier alpha value is -0.830. The van der Waals surface area contributed by atoms with Crippen LogP contribution >= 0.6 is 11.6 Å². The van der Waals surface area contributed by atoms with Gasteiger partial charge in [0.25, 0.3) is 0 Å². The third-order valence-electron chi connectivity index (χ3n) is 2.15. The van der Waals surface area contributed by atoms with Gasteiger partial charge >= 0.3 is 0 Å². The lowest BCUT2D eigenvalue weighted by Crippen LogP contribution is -2.05. The normalized spacial score (nSPS) is 13.0. The summed E-state index contributed by atoms with van der Waals surface area (Å²) < 4.78 is 31.8. The van der Waals surface area contributed by atoms with Crippen molar-refractivity contribution in [1.29, 1.82) is 0 Å². The van der Waals surface area contributed by atoms with Gasteiger partial charge in [-0.2, -0.15) is 0 Å². The van der Waals surface area contributed by atoms with Crippen LogP contribution in [0.15, 0.2) is 12.1 Å². The highest BCUT2D eigenvalue weighted by molar-refractivity contribution is 6.21. The molecule has 4 heteroatoms. The molecule has 1 aromatic carbocycles. The largest absolute Gasteiger partial charge is 0.497 e. The van der Waals surface area contributed by atoms with Crippen molar-refractivity contribution >= 4 is 11.6 Å². The van der Waals surface area contributed by atoms with E-state index >= 15 is 0 Å². The first kappa shape index (κ1) is 12.2. The number of hydrogen-bond acceptors (Lipinski definition) is 1. The molecule has 0 aliphatic rings. The Balaban J connectivity index is 3.19. The number of ether oxygens (including phenoxy) is 1. The van der Waals surface area contributed by atoms with E-state index < -0.39 is 17.0 Å². The van der Waals surface area contributed by atoms with Gasteiger partial charge < -0.3 is 4.74 Å². The quantitative estimate of drug-likeness (QED) is 0.721. The molecule has 0 aliphatic heterocycles. The van der Waals surface area contributed by atoms with Crippen LogP contribution in [-0.4, -0.2) is 7.11 Å². The molecule has 0 aliphatic carbocycles. The van der Waals surface area contributed by atoms with Crippen LogP contribution in [0.3, 0.4) is 0 Å². The second kappa shape index (κ2) is 4.79. The Morgan fingerprint density at radius 3 is 2.00 bits per heavy atom. The standard InChI is InChI=1S/C11H13ClF2O/c1-6(2)11(12)10-8(13)4-7(15-3)5-9(10)14/h4-6,11H,1-3H3. The zero-order chi connectivity index (χ0) is 11.6. The van der Waals surface area contributed by atoms with Crippen molar-refractivity contribution < 1.29 is 13.5 Å². The van der Waals surface area contributed by atoms with Gasteiger partial charge in [0.05, 0.1) is 12.5 Å². The van der Waals surface area contributed by atoms with E-state index in [0.717, 1.165) is 12.1 Å². The molecule has 0 N–H and O–H groups in total. The van der Waals surface area contributed by atoms with Gasteiger partial charge in [-0.25, -0.2) is 8.78 Å². The summed E-state index contributed by atoms with van der Waals surface area (Å²) in [6.07, 6.45) is 0. The van der Waals surface area contributed by atoms with E-state index in [9.17, 15) is 8.78 Å². The fraction of sp³-hybridized carbons (Fsp3) is 0.455. The molecule has 0 saturated heterocycles. The van der Waals surface area contributed by atoms with Gasteiger partial charge in [0, 0.05) is 17.7 Å². The van der Waals surface area contributed by atoms with Crippen molar-refractivity contribution in [3.63, 3.8) is 0 Å². The van der Waals surface area contributed by atoms with Crippen molar-refractivity contribution in [2.75, 3.05) is 7.11 Å². The van der Waals surface area contributed by atoms with E-state index in [1.165, 1.54) is 7.11 Å². The fourth-order valence-electron chi connectivity index (χ4n) is 1.28.